The van der Waals surface area contributed by atoms with Gasteiger partial charge in [0.25, 0.3) is 0 Å². The number of amides is 1. The minimum absolute atomic E-state index is 0.00452. The Labute approximate surface area is 127 Å². The standard InChI is InChI=1S/C14H18N4O2S/c1-10(8-20-2)15-12(19)9-21-14-16-13(17-18-14)11-6-4-3-5-7-11/h3-7,10H,8-9H2,1-2H3,(H,15,19)(H,16,17,18)/t10-/m0/s1. The van der Waals surface area contributed by atoms with Crippen molar-refractivity contribution in [3.05, 3.63) is 30.3 Å². The highest BCUT2D eigenvalue weighted by molar-refractivity contribution is 7.99. The molecule has 0 bridgehead atoms. The molecule has 1 aromatic heterocycles. The highest BCUT2D eigenvalue weighted by Crippen LogP contribution is 2.18. The molecule has 0 spiro atoms. The average Bonchev–Trinajstić information content (AvgIpc) is 2.95. The molecule has 7 heteroatoms. The van der Waals surface area contributed by atoms with Crippen LogP contribution in [0.2, 0.25) is 0 Å². The number of thioether (sulfide) groups is 1. The Bertz CT molecular complexity index is 573. The largest absolute Gasteiger partial charge is 0.383 e. The number of hydrogen-bond donors (Lipinski definition) is 2. The summed E-state index contributed by atoms with van der Waals surface area (Å²) in [4.78, 5) is 16.1. The van der Waals surface area contributed by atoms with E-state index in [2.05, 4.69) is 20.5 Å². The van der Waals surface area contributed by atoms with Crippen molar-refractivity contribution in [1.29, 1.82) is 0 Å². The van der Waals surface area contributed by atoms with Crippen LogP contribution in [-0.4, -0.2) is 46.6 Å². The number of nitrogens with one attached hydrogen (secondary N) is 2. The van der Waals surface area contributed by atoms with E-state index < -0.39 is 0 Å². The number of hydrogen-bond acceptors (Lipinski definition) is 5. The first-order valence-electron chi connectivity index (χ1n) is 6.58. The zero-order chi connectivity index (χ0) is 15.1. The van der Waals surface area contributed by atoms with Gasteiger partial charge in [-0.1, -0.05) is 42.1 Å². The second-order valence-electron chi connectivity index (χ2n) is 4.55. The van der Waals surface area contributed by atoms with Crippen LogP contribution in [0.5, 0.6) is 0 Å². The molecule has 1 atom stereocenters. The summed E-state index contributed by atoms with van der Waals surface area (Å²) in [7, 11) is 1.61. The van der Waals surface area contributed by atoms with Gasteiger partial charge in [-0.2, -0.15) is 0 Å². The summed E-state index contributed by atoms with van der Waals surface area (Å²) in [5.41, 5.74) is 0.968. The minimum atomic E-state index is -0.0596. The van der Waals surface area contributed by atoms with Crippen LogP contribution in [0.15, 0.2) is 35.5 Å². The monoisotopic (exact) mass is 306 g/mol. The Morgan fingerprint density at radius 2 is 2.19 bits per heavy atom. The molecule has 0 saturated carbocycles. The van der Waals surface area contributed by atoms with E-state index in [9.17, 15) is 4.79 Å². The summed E-state index contributed by atoms with van der Waals surface area (Å²) in [5, 5.41) is 10.4. The van der Waals surface area contributed by atoms with Crippen molar-refractivity contribution < 1.29 is 9.53 Å². The number of aromatic amines is 1. The third kappa shape index (κ3) is 4.87. The molecule has 0 fully saturated rings. The van der Waals surface area contributed by atoms with Crippen LogP contribution in [0.1, 0.15) is 6.92 Å². The molecule has 1 amide bonds. The summed E-state index contributed by atoms with van der Waals surface area (Å²) in [5.74, 6) is 0.919. The number of H-pyrrole nitrogens is 1. The molecule has 21 heavy (non-hydrogen) atoms. The van der Waals surface area contributed by atoms with Crippen LogP contribution in [0.25, 0.3) is 11.4 Å². The number of rotatable bonds is 7. The molecule has 1 aromatic carbocycles. The molecular formula is C14H18N4O2S. The maximum atomic E-state index is 11.7. The molecule has 2 aromatic rings. The molecule has 0 aliphatic carbocycles. The zero-order valence-electron chi connectivity index (χ0n) is 12.0. The fraction of sp³-hybridized carbons (Fsp3) is 0.357. The molecular weight excluding hydrogens is 288 g/mol. The summed E-state index contributed by atoms with van der Waals surface area (Å²) >= 11 is 1.30. The Balaban J connectivity index is 1.84. The number of carbonyl (C=O) groups is 1. The van der Waals surface area contributed by atoms with Crippen molar-refractivity contribution in [1.82, 2.24) is 20.5 Å². The van der Waals surface area contributed by atoms with E-state index in [0.717, 1.165) is 5.56 Å². The first kappa shape index (κ1) is 15.5. The van der Waals surface area contributed by atoms with Crippen molar-refractivity contribution in [2.75, 3.05) is 19.5 Å². The van der Waals surface area contributed by atoms with Crippen LogP contribution >= 0.6 is 11.8 Å². The summed E-state index contributed by atoms with van der Waals surface area (Å²) in [6, 6.07) is 9.73. The van der Waals surface area contributed by atoms with E-state index in [4.69, 9.17) is 4.74 Å². The Morgan fingerprint density at radius 3 is 2.90 bits per heavy atom. The first-order valence-corrected chi connectivity index (χ1v) is 7.56. The van der Waals surface area contributed by atoms with Crippen molar-refractivity contribution >= 4 is 17.7 Å². The highest BCUT2D eigenvalue weighted by Gasteiger charge is 2.10. The number of carbonyl (C=O) groups excluding carboxylic acids is 1. The fourth-order valence-corrected chi connectivity index (χ4v) is 2.38. The van der Waals surface area contributed by atoms with E-state index in [1.165, 1.54) is 11.8 Å². The molecule has 112 valence electrons. The smallest absolute Gasteiger partial charge is 0.230 e. The number of aromatic nitrogens is 3. The lowest BCUT2D eigenvalue weighted by molar-refractivity contribution is -0.119. The highest BCUT2D eigenvalue weighted by atomic mass is 32.2. The maximum absolute atomic E-state index is 11.7. The van der Waals surface area contributed by atoms with Gasteiger partial charge in [-0.05, 0) is 6.92 Å². The average molecular weight is 306 g/mol. The molecule has 6 nitrogen and oxygen atoms in total. The van der Waals surface area contributed by atoms with Gasteiger partial charge in [0, 0.05) is 18.7 Å². The van der Waals surface area contributed by atoms with Crippen molar-refractivity contribution in [3.8, 4) is 11.4 Å². The van der Waals surface area contributed by atoms with Gasteiger partial charge in [0.15, 0.2) is 5.82 Å². The van der Waals surface area contributed by atoms with Crippen LogP contribution in [0, 0.1) is 0 Å². The van der Waals surface area contributed by atoms with Crippen LogP contribution < -0.4 is 5.32 Å². The van der Waals surface area contributed by atoms with E-state index in [0.29, 0.717) is 17.6 Å². The lowest BCUT2D eigenvalue weighted by atomic mass is 10.2. The third-order valence-electron chi connectivity index (χ3n) is 2.67. The molecule has 0 radical (unpaired) electrons. The number of benzene rings is 1. The summed E-state index contributed by atoms with van der Waals surface area (Å²) < 4.78 is 4.97. The molecule has 1 heterocycles. The van der Waals surface area contributed by atoms with Gasteiger partial charge in [-0.15, -0.1) is 5.10 Å². The van der Waals surface area contributed by atoms with Gasteiger partial charge in [0.1, 0.15) is 0 Å². The van der Waals surface area contributed by atoms with Crippen LogP contribution in [0.3, 0.4) is 0 Å². The third-order valence-corrected chi connectivity index (χ3v) is 3.52. The summed E-state index contributed by atoms with van der Waals surface area (Å²) in [6.45, 7) is 2.39. The van der Waals surface area contributed by atoms with Crippen molar-refractivity contribution in [2.45, 2.75) is 18.1 Å². The van der Waals surface area contributed by atoms with Crippen molar-refractivity contribution in [3.63, 3.8) is 0 Å². The van der Waals surface area contributed by atoms with Crippen molar-refractivity contribution in [2.24, 2.45) is 0 Å². The lowest BCUT2D eigenvalue weighted by Gasteiger charge is -2.11. The van der Waals surface area contributed by atoms with Gasteiger partial charge in [0.2, 0.25) is 11.1 Å². The molecule has 0 aliphatic heterocycles. The number of ether oxygens (including phenoxy) is 1. The molecule has 0 aliphatic rings. The molecule has 2 N–H and O–H groups in total. The van der Waals surface area contributed by atoms with Gasteiger partial charge in [0.05, 0.1) is 12.4 Å². The number of nitrogens with zero attached hydrogens (tertiary/aromatic N) is 2. The van der Waals surface area contributed by atoms with Gasteiger partial charge in [-0.25, -0.2) is 4.98 Å². The van der Waals surface area contributed by atoms with E-state index >= 15 is 0 Å². The normalized spacial score (nSPS) is 12.1. The predicted molar refractivity (Wildman–Crippen MR) is 82.0 cm³/mol. The first-order chi connectivity index (χ1) is 10.2. The number of methoxy groups -OCH3 is 1. The van der Waals surface area contributed by atoms with Gasteiger partial charge >= 0.3 is 0 Å². The van der Waals surface area contributed by atoms with Gasteiger partial charge in [-0.3, -0.25) is 9.89 Å². The molecule has 2 rings (SSSR count). The second-order valence-corrected chi connectivity index (χ2v) is 5.49. The minimum Gasteiger partial charge on any atom is -0.383 e. The van der Waals surface area contributed by atoms with Crippen LogP contribution in [-0.2, 0) is 9.53 Å². The van der Waals surface area contributed by atoms with Gasteiger partial charge < -0.3 is 10.1 Å². The Morgan fingerprint density at radius 1 is 1.43 bits per heavy atom. The van der Waals surface area contributed by atoms with E-state index in [1.54, 1.807) is 7.11 Å². The van der Waals surface area contributed by atoms with E-state index in [1.807, 2.05) is 37.3 Å². The van der Waals surface area contributed by atoms with E-state index in [-0.39, 0.29) is 17.7 Å². The molecule has 0 unspecified atom stereocenters. The predicted octanol–water partition coefficient (Wildman–Crippen LogP) is 1.71. The zero-order valence-corrected chi connectivity index (χ0v) is 12.8. The lowest BCUT2D eigenvalue weighted by Crippen LogP contribution is -2.36. The summed E-state index contributed by atoms with van der Waals surface area (Å²) in [6.07, 6.45) is 0. The Kier molecular flexibility index (Phi) is 5.77. The SMILES string of the molecule is COC[C@H](C)NC(=O)CSc1n[nH]c(-c2ccccc2)n1. The second kappa shape index (κ2) is 7.80. The Hall–Kier alpha value is -1.86. The fourth-order valence-electron chi connectivity index (χ4n) is 1.77. The quantitative estimate of drug-likeness (QED) is 0.761. The maximum Gasteiger partial charge on any atom is 0.230 e. The topological polar surface area (TPSA) is 79.9 Å². The molecule has 0 saturated heterocycles. The van der Waals surface area contributed by atoms with Crippen LogP contribution in [0.4, 0.5) is 0 Å².